The minimum absolute atomic E-state index is 0.162. The van der Waals surface area contributed by atoms with Gasteiger partial charge in [0, 0.05) is 6.04 Å². The maximum atomic E-state index is 5.94. The van der Waals surface area contributed by atoms with Crippen LogP contribution >= 0.6 is 27.5 Å². The van der Waals surface area contributed by atoms with E-state index < -0.39 is 0 Å². The molecule has 1 rings (SSSR count). The second-order valence-electron chi connectivity index (χ2n) is 3.33. The van der Waals surface area contributed by atoms with Crippen LogP contribution in [0, 0.1) is 0 Å². The molecular weight excluding hydrogens is 277 g/mol. The van der Waals surface area contributed by atoms with Gasteiger partial charge < -0.3 is 11.1 Å². The van der Waals surface area contributed by atoms with Crippen molar-refractivity contribution in [2.75, 3.05) is 5.32 Å². The first-order valence-corrected chi connectivity index (χ1v) is 5.72. The molecule has 0 saturated carbocycles. The Hall–Kier alpha value is -0.740. The zero-order chi connectivity index (χ0) is 11.4. The van der Waals surface area contributed by atoms with Gasteiger partial charge in [-0.05, 0) is 41.9 Å². The van der Waals surface area contributed by atoms with Crippen LogP contribution in [0.3, 0.4) is 0 Å². The highest BCUT2D eigenvalue weighted by Crippen LogP contribution is 2.29. The number of nitrogens with two attached hydrogens (primary N) is 1. The van der Waals surface area contributed by atoms with Gasteiger partial charge in [-0.1, -0.05) is 17.7 Å². The molecule has 0 heterocycles. The van der Waals surface area contributed by atoms with Gasteiger partial charge in [0.2, 0.25) is 0 Å². The molecule has 0 saturated heterocycles. The van der Waals surface area contributed by atoms with Gasteiger partial charge in [-0.3, -0.25) is 4.99 Å². The van der Waals surface area contributed by atoms with Gasteiger partial charge in [0.15, 0.2) is 5.96 Å². The maximum absolute atomic E-state index is 5.94. The molecule has 5 heteroatoms. The normalized spacial score (nSPS) is 11.9. The van der Waals surface area contributed by atoms with E-state index in [1.165, 1.54) is 0 Å². The average molecular weight is 291 g/mol. The van der Waals surface area contributed by atoms with Gasteiger partial charge in [0.05, 0.1) is 15.2 Å². The number of hydrogen-bond donors (Lipinski definition) is 2. The summed E-state index contributed by atoms with van der Waals surface area (Å²) >= 11 is 9.31. The second kappa shape index (κ2) is 5.37. The molecule has 3 nitrogen and oxygen atoms in total. The molecular formula is C10H13BrClN3. The summed E-state index contributed by atoms with van der Waals surface area (Å²) in [4.78, 5) is 4.16. The molecule has 0 atom stereocenters. The van der Waals surface area contributed by atoms with Crippen LogP contribution in [0.15, 0.2) is 27.7 Å². The molecule has 0 unspecified atom stereocenters. The minimum Gasteiger partial charge on any atom is -0.370 e. The third kappa shape index (κ3) is 3.72. The van der Waals surface area contributed by atoms with Crippen molar-refractivity contribution >= 4 is 39.2 Å². The molecule has 15 heavy (non-hydrogen) atoms. The monoisotopic (exact) mass is 289 g/mol. The molecule has 1 aromatic carbocycles. The van der Waals surface area contributed by atoms with E-state index in [4.69, 9.17) is 17.3 Å². The Kier molecular flexibility index (Phi) is 4.42. The standard InChI is InChI=1S/C10H13BrClN3/c1-6(2)14-10(13)15-8-5-3-4-7(12)9(8)11/h3-6H,1-2H3,(H3,13,14,15). The fourth-order valence-electron chi connectivity index (χ4n) is 1.05. The van der Waals surface area contributed by atoms with Crippen LogP contribution in [0.2, 0.25) is 5.02 Å². The van der Waals surface area contributed by atoms with Crippen molar-refractivity contribution in [1.29, 1.82) is 0 Å². The number of halogens is 2. The molecule has 0 spiro atoms. The van der Waals surface area contributed by atoms with Crippen LogP contribution in [-0.2, 0) is 0 Å². The van der Waals surface area contributed by atoms with E-state index in [1.807, 2.05) is 26.0 Å². The molecule has 0 amide bonds. The molecule has 0 aliphatic heterocycles. The number of anilines is 1. The first kappa shape index (κ1) is 12.3. The lowest BCUT2D eigenvalue weighted by Gasteiger charge is -2.09. The Bertz CT molecular complexity index is 377. The summed E-state index contributed by atoms with van der Waals surface area (Å²) in [5.41, 5.74) is 6.51. The van der Waals surface area contributed by atoms with Gasteiger partial charge in [-0.15, -0.1) is 0 Å². The van der Waals surface area contributed by atoms with E-state index in [2.05, 4.69) is 26.2 Å². The molecule has 0 radical (unpaired) electrons. The highest BCUT2D eigenvalue weighted by atomic mass is 79.9. The lowest BCUT2D eigenvalue weighted by Crippen LogP contribution is -2.24. The third-order valence-corrected chi connectivity index (χ3v) is 3.01. The Morgan fingerprint density at radius 1 is 1.53 bits per heavy atom. The first-order chi connectivity index (χ1) is 7.00. The van der Waals surface area contributed by atoms with Gasteiger partial charge in [0.25, 0.3) is 0 Å². The van der Waals surface area contributed by atoms with Crippen LogP contribution in [0.1, 0.15) is 13.8 Å². The summed E-state index contributed by atoms with van der Waals surface area (Å²) in [6, 6.07) is 5.68. The molecule has 0 aliphatic carbocycles. The van der Waals surface area contributed by atoms with Crippen molar-refractivity contribution in [3.63, 3.8) is 0 Å². The lowest BCUT2D eigenvalue weighted by molar-refractivity contribution is 0.833. The van der Waals surface area contributed by atoms with Crippen LogP contribution in [0.4, 0.5) is 5.69 Å². The van der Waals surface area contributed by atoms with E-state index in [-0.39, 0.29) is 6.04 Å². The highest BCUT2D eigenvalue weighted by molar-refractivity contribution is 9.10. The first-order valence-electron chi connectivity index (χ1n) is 4.55. The average Bonchev–Trinajstić information content (AvgIpc) is 2.11. The fraction of sp³-hybridized carbons (Fsp3) is 0.300. The molecule has 82 valence electrons. The Balaban J connectivity index is 2.86. The van der Waals surface area contributed by atoms with Crippen molar-refractivity contribution < 1.29 is 0 Å². The van der Waals surface area contributed by atoms with Gasteiger partial charge >= 0.3 is 0 Å². The van der Waals surface area contributed by atoms with Crippen LogP contribution < -0.4 is 11.1 Å². The number of rotatable bonds is 2. The smallest absolute Gasteiger partial charge is 0.193 e. The van der Waals surface area contributed by atoms with Crippen molar-refractivity contribution in [2.24, 2.45) is 10.7 Å². The molecule has 0 aromatic heterocycles. The van der Waals surface area contributed by atoms with Crippen molar-refractivity contribution in [3.8, 4) is 0 Å². The van der Waals surface area contributed by atoms with Crippen LogP contribution in [0.25, 0.3) is 0 Å². The lowest BCUT2D eigenvalue weighted by atomic mass is 10.3. The van der Waals surface area contributed by atoms with E-state index in [9.17, 15) is 0 Å². The van der Waals surface area contributed by atoms with Crippen LogP contribution in [0.5, 0.6) is 0 Å². The Labute approximate surface area is 103 Å². The van der Waals surface area contributed by atoms with Gasteiger partial charge in [0.1, 0.15) is 0 Å². The zero-order valence-electron chi connectivity index (χ0n) is 8.59. The summed E-state index contributed by atoms with van der Waals surface area (Å²) in [5, 5.41) is 3.62. The summed E-state index contributed by atoms with van der Waals surface area (Å²) in [6.07, 6.45) is 0. The van der Waals surface area contributed by atoms with Crippen LogP contribution in [-0.4, -0.2) is 12.0 Å². The third-order valence-electron chi connectivity index (χ3n) is 1.61. The number of hydrogen-bond acceptors (Lipinski definition) is 1. The number of nitrogens with zero attached hydrogens (tertiary/aromatic N) is 1. The molecule has 0 fully saturated rings. The molecule has 0 aliphatic rings. The number of nitrogens with one attached hydrogen (secondary N) is 1. The predicted octanol–water partition coefficient (Wildman–Crippen LogP) is 3.24. The number of aliphatic imine (C=N–C) groups is 1. The molecule has 1 aromatic rings. The van der Waals surface area contributed by atoms with Crippen molar-refractivity contribution in [2.45, 2.75) is 19.9 Å². The summed E-state index contributed by atoms with van der Waals surface area (Å²) < 4.78 is 0.786. The summed E-state index contributed by atoms with van der Waals surface area (Å²) in [6.45, 7) is 3.92. The highest BCUT2D eigenvalue weighted by Gasteiger charge is 2.04. The SMILES string of the molecule is CC(C)N=C(N)Nc1cccc(Cl)c1Br. The Morgan fingerprint density at radius 2 is 2.20 bits per heavy atom. The summed E-state index contributed by atoms with van der Waals surface area (Å²) in [7, 11) is 0. The molecule has 0 bridgehead atoms. The Morgan fingerprint density at radius 3 is 2.80 bits per heavy atom. The van der Waals surface area contributed by atoms with E-state index in [1.54, 1.807) is 6.07 Å². The maximum Gasteiger partial charge on any atom is 0.193 e. The zero-order valence-corrected chi connectivity index (χ0v) is 10.9. The number of guanidine groups is 1. The molecule has 3 N–H and O–H groups in total. The van der Waals surface area contributed by atoms with E-state index in [0.29, 0.717) is 11.0 Å². The minimum atomic E-state index is 0.162. The number of benzene rings is 1. The predicted molar refractivity (Wildman–Crippen MR) is 69.5 cm³/mol. The fourth-order valence-corrected chi connectivity index (χ4v) is 1.59. The quantitative estimate of drug-likeness (QED) is 0.649. The summed E-state index contributed by atoms with van der Waals surface area (Å²) in [5.74, 6) is 0.382. The van der Waals surface area contributed by atoms with Gasteiger partial charge in [-0.2, -0.15) is 0 Å². The largest absolute Gasteiger partial charge is 0.370 e. The van der Waals surface area contributed by atoms with Gasteiger partial charge in [-0.25, -0.2) is 0 Å². The topological polar surface area (TPSA) is 50.4 Å². The van der Waals surface area contributed by atoms with Crippen molar-refractivity contribution in [3.05, 3.63) is 27.7 Å². The van der Waals surface area contributed by atoms with E-state index >= 15 is 0 Å². The van der Waals surface area contributed by atoms with Crippen molar-refractivity contribution in [1.82, 2.24) is 0 Å². The van der Waals surface area contributed by atoms with E-state index in [0.717, 1.165) is 10.2 Å². The second-order valence-corrected chi connectivity index (χ2v) is 4.53.